The van der Waals surface area contributed by atoms with Crippen LogP contribution in [-0.2, 0) is 4.79 Å². The number of carbonyl (C=O) groups excluding carboxylic acids is 1. The molecule has 22 heavy (non-hydrogen) atoms. The predicted octanol–water partition coefficient (Wildman–Crippen LogP) is 3.33. The molecule has 0 saturated carbocycles. The predicted molar refractivity (Wildman–Crippen MR) is 92.8 cm³/mol. The van der Waals surface area contributed by atoms with Gasteiger partial charge < -0.3 is 15.0 Å². The van der Waals surface area contributed by atoms with Gasteiger partial charge >= 0.3 is 0 Å². The number of halogens is 1. The minimum atomic E-state index is -0.186. The van der Waals surface area contributed by atoms with Crippen LogP contribution in [0.1, 0.15) is 30.9 Å². The van der Waals surface area contributed by atoms with Gasteiger partial charge in [-0.2, -0.15) is 0 Å². The number of ketones is 1. The topological polar surface area (TPSA) is 41.6 Å². The van der Waals surface area contributed by atoms with Crippen molar-refractivity contribution in [2.45, 2.75) is 25.3 Å². The molecule has 0 amide bonds. The SMILES string of the molecule is COc1ccc(C2NC(=S)N(C)C3=C2C(=O)CCC3)cc1Br. The van der Waals surface area contributed by atoms with Gasteiger partial charge in [0.15, 0.2) is 10.9 Å². The lowest BCUT2D eigenvalue weighted by molar-refractivity contribution is -0.116. The second-order valence-electron chi connectivity index (χ2n) is 5.47. The van der Waals surface area contributed by atoms with Crippen LogP contribution in [0.3, 0.4) is 0 Å². The molecule has 4 nitrogen and oxygen atoms in total. The van der Waals surface area contributed by atoms with E-state index in [1.807, 2.05) is 30.1 Å². The Kier molecular flexibility index (Phi) is 4.23. The van der Waals surface area contributed by atoms with Crippen LogP contribution in [-0.4, -0.2) is 30.0 Å². The summed E-state index contributed by atoms with van der Waals surface area (Å²) in [7, 11) is 3.55. The Labute approximate surface area is 143 Å². The molecular formula is C16H17BrN2O2S. The van der Waals surface area contributed by atoms with E-state index >= 15 is 0 Å². The molecule has 2 aliphatic rings. The molecule has 0 radical (unpaired) electrons. The smallest absolute Gasteiger partial charge is 0.173 e. The second-order valence-corrected chi connectivity index (χ2v) is 6.71. The summed E-state index contributed by atoms with van der Waals surface area (Å²) >= 11 is 8.93. The van der Waals surface area contributed by atoms with E-state index in [0.29, 0.717) is 11.5 Å². The largest absolute Gasteiger partial charge is 0.496 e. The number of nitrogens with zero attached hydrogens (tertiary/aromatic N) is 1. The molecule has 0 aromatic heterocycles. The van der Waals surface area contributed by atoms with Crippen molar-refractivity contribution in [2.75, 3.05) is 14.2 Å². The van der Waals surface area contributed by atoms with E-state index in [4.69, 9.17) is 17.0 Å². The maximum absolute atomic E-state index is 12.5. The zero-order valence-corrected chi connectivity index (χ0v) is 14.9. The second kappa shape index (κ2) is 6.01. The fraction of sp³-hybridized carbons (Fsp3) is 0.375. The molecule has 3 rings (SSSR count). The van der Waals surface area contributed by atoms with Crippen LogP contribution in [0.4, 0.5) is 0 Å². The number of carbonyl (C=O) groups is 1. The molecule has 116 valence electrons. The molecular weight excluding hydrogens is 364 g/mol. The Morgan fingerprint density at radius 1 is 1.41 bits per heavy atom. The monoisotopic (exact) mass is 380 g/mol. The number of hydrogen-bond donors (Lipinski definition) is 1. The number of hydrogen-bond acceptors (Lipinski definition) is 3. The van der Waals surface area contributed by atoms with E-state index < -0.39 is 0 Å². The molecule has 1 aliphatic heterocycles. The van der Waals surface area contributed by atoms with Gasteiger partial charge in [-0.25, -0.2) is 0 Å². The lowest BCUT2D eigenvalue weighted by Crippen LogP contribution is -2.47. The van der Waals surface area contributed by atoms with E-state index in [2.05, 4.69) is 21.2 Å². The van der Waals surface area contributed by atoms with Crippen molar-refractivity contribution in [2.24, 2.45) is 0 Å². The van der Waals surface area contributed by atoms with Crippen molar-refractivity contribution in [1.29, 1.82) is 0 Å². The van der Waals surface area contributed by atoms with E-state index in [1.165, 1.54) is 0 Å². The Balaban J connectivity index is 2.09. The average Bonchev–Trinajstić information content (AvgIpc) is 2.51. The van der Waals surface area contributed by atoms with Crippen molar-refractivity contribution < 1.29 is 9.53 Å². The van der Waals surface area contributed by atoms with Gasteiger partial charge in [0.25, 0.3) is 0 Å². The molecule has 0 fully saturated rings. The van der Waals surface area contributed by atoms with Crippen LogP contribution in [0.25, 0.3) is 0 Å². The fourth-order valence-corrected chi connectivity index (χ4v) is 3.84. The highest BCUT2D eigenvalue weighted by Gasteiger charge is 2.35. The molecule has 0 bridgehead atoms. The van der Waals surface area contributed by atoms with Gasteiger partial charge in [-0.15, -0.1) is 0 Å². The molecule has 1 aromatic carbocycles. The summed E-state index contributed by atoms with van der Waals surface area (Å²) < 4.78 is 6.14. The van der Waals surface area contributed by atoms with Gasteiger partial charge in [0.05, 0.1) is 17.6 Å². The third kappa shape index (κ3) is 2.54. The Hall–Kier alpha value is -1.40. The zero-order chi connectivity index (χ0) is 15.9. The number of rotatable bonds is 2. The summed E-state index contributed by atoms with van der Waals surface area (Å²) in [4.78, 5) is 14.4. The summed E-state index contributed by atoms with van der Waals surface area (Å²) in [5.74, 6) is 0.975. The third-order valence-corrected chi connectivity index (χ3v) is 5.22. The Morgan fingerprint density at radius 3 is 2.86 bits per heavy atom. The summed E-state index contributed by atoms with van der Waals surface area (Å²) in [5.41, 5.74) is 2.90. The normalized spacial score (nSPS) is 21.6. The Morgan fingerprint density at radius 2 is 2.18 bits per heavy atom. The maximum Gasteiger partial charge on any atom is 0.173 e. The van der Waals surface area contributed by atoms with Crippen molar-refractivity contribution in [3.05, 3.63) is 39.5 Å². The molecule has 0 spiro atoms. The number of Topliss-reactive ketones (excluding diaryl/α,β-unsaturated/α-hetero) is 1. The summed E-state index contributed by atoms with van der Waals surface area (Å²) in [6, 6.07) is 5.67. The van der Waals surface area contributed by atoms with Gasteiger partial charge in [0, 0.05) is 24.7 Å². The summed E-state index contributed by atoms with van der Waals surface area (Å²) in [5, 5.41) is 3.95. The van der Waals surface area contributed by atoms with E-state index in [9.17, 15) is 4.79 Å². The number of nitrogens with one attached hydrogen (secondary N) is 1. The number of methoxy groups -OCH3 is 1. The quantitative estimate of drug-likeness (QED) is 0.796. The molecule has 1 unspecified atom stereocenters. The zero-order valence-electron chi connectivity index (χ0n) is 12.5. The first-order chi connectivity index (χ1) is 10.5. The average molecular weight is 381 g/mol. The highest BCUT2D eigenvalue weighted by molar-refractivity contribution is 9.10. The Bertz CT molecular complexity index is 687. The van der Waals surface area contributed by atoms with Crippen LogP contribution in [0.5, 0.6) is 5.75 Å². The minimum Gasteiger partial charge on any atom is -0.496 e. The van der Waals surface area contributed by atoms with Crippen LogP contribution < -0.4 is 10.1 Å². The third-order valence-electron chi connectivity index (χ3n) is 4.20. The van der Waals surface area contributed by atoms with Crippen molar-refractivity contribution in [3.8, 4) is 5.75 Å². The van der Waals surface area contributed by atoms with E-state index in [1.54, 1.807) is 7.11 Å². The van der Waals surface area contributed by atoms with Gasteiger partial charge in [0.1, 0.15) is 5.75 Å². The molecule has 1 aliphatic carbocycles. The first-order valence-corrected chi connectivity index (χ1v) is 8.37. The van der Waals surface area contributed by atoms with Crippen molar-refractivity contribution in [3.63, 3.8) is 0 Å². The molecule has 1 atom stereocenters. The molecule has 1 heterocycles. The van der Waals surface area contributed by atoms with E-state index in [0.717, 1.165) is 39.9 Å². The van der Waals surface area contributed by atoms with Gasteiger partial charge in [-0.05, 0) is 58.7 Å². The standard InChI is InChI=1S/C16H17BrN2O2S/c1-19-11-4-3-5-12(20)14(11)15(18-16(19)22)9-6-7-13(21-2)10(17)8-9/h6-8,15H,3-5H2,1-2H3,(H,18,22). The number of benzene rings is 1. The van der Waals surface area contributed by atoms with Gasteiger partial charge in [0.2, 0.25) is 0 Å². The first kappa shape index (κ1) is 15.5. The van der Waals surface area contributed by atoms with Crippen molar-refractivity contribution >= 4 is 39.0 Å². The lowest BCUT2D eigenvalue weighted by atomic mass is 9.85. The summed E-state index contributed by atoms with van der Waals surface area (Å²) in [6.07, 6.45) is 2.39. The molecule has 0 saturated heterocycles. The fourth-order valence-electron chi connectivity index (χ4n) is 3.05. The molecule has 1 aromatic rings. The number of allylic oxidation sites excluding steroid dienone is 1. The maximum atomic E-state index is 12.5. The van der Waals surface area contributed by atoms with Crippen LogP contribution in [0, 0.1) is 0 Å². The first-order valence-electron chi connectivity index (χ1n) is 7.17. The number of ether oxygens (including phenoxy) is 1. The molecule has 6 heteroatoms. The highest BCUT2D eigenvalue weighted by atomic mass is 79.9. The molecule has 1 N–H and O–H groups in total. The van der Waals surface area contributed by atoms with Gasteiger partial charge in [-0.1, -0.05) is 6.07 Å². The highest BCUT2D eigenvalue weighted by Crippen LogP contribution is 2.38. The lowest BCUT2D eigenvalue weighted by Gasteiger charge is -2.39. The number of thiocarbonyl (C=S) groups is 1. The van der Waals surface area contributed by atoms with E-state index in [-0.39, 0.29) is 11.8 Å². The van der Waals surface area contributed by atoms with Gasteiger partial charge in [-0.3, -0.25) is 4.79 Å². The van der Waals surface area contributed by atoms with Crippen LogP contribution >= 0.6 is 28.1 Å². The summed E-state index contributed by atoms with van der Waals surface area (Å²) in [6.45, 7) is 0. The minimum absolute atomic E-state index is 0.186. The van der Waals surface area contributed by atoms with Crippen LogP contribution in [0.2, 0.25) is 0 Å². The van der Waals surface area contributed by atoms with Crippen molar-refractivity contribution in [1.82, 2.24) is 10.2 Å². The van der Waals surface area contributed by atoms with Crippen LogP contribution in [0.15, 0.2) is 33.9 Å².